The number of thiophene rings is 1. The van der Waals surface area contributed by atoms with Crippen molar-refractivity contribution in [1.29, 1.82) is 0 Å². The number of thioether (sulfide) groups is 1. The summed E-state index contributed by atoms with van der Waals surface area (Å²) in [5.41, 5.74) is 1.21. The predicted octanol–water partition coefficient (Wildman–Crippen LogP) is 4.02. The summed E-state index contributed by atoms with van der Waals surface area (Å²) in [6.07, 6.45) is 0.768. The molecule has 2 heterocycles. The Morgan fingerprint density at radius 2 is 2.00 bits per heavy atom. The van der Waals surface area contributed by atoms with Crippen LogP contribution in [0.25, 0.3) is 11.4 Å². The topological polar surface area (TPSA) is 95.3 Å². The first-order chi connectivity index (χ1) is 15.0. The third-order valence-corrected chi connectivity index (χ3v) is 6.60. The maximum Gasteiger partial charge on any atom is 0.340 e. The van der Waals surface area contributed by atoms with Crippen molar-refractivity contribution in [2.45, 2.75) is 25.4 Å². The number of hydrogen-bond donors (Lipinski definition) is 1. The second-order valence-corrected chi connectivity index (χ2v) is 8.51. The zero-order valence-corrected chi connectivity index (χ0v) is 19.4. The van der Waals surface area contributed by atoms with E-state index >= 15 is 0 Å². The summed E-state index contributed by atoms with van der Waals surface area (Å²) in [5, 5.41) is 12.4. The number of carbonyl (C=O) groups excluding carboxylic acids is 2. The lowest BCUT2D eigenvalue weighted by molar-refractivity contribution is -0.113. The number of aromatic nitrogens is 3. The van der Waals surface area contributed by atoms with Gasteiger partial charge in [-0.25, -0.2) is 4.79 Å². The maximum atomic E-state index is 12.5. The van der Waals surface area contributed by atoms with Gasteiger partial charge in [-0.05, 0) is 31.5 Å². The Labute approximate surface area is 189 Å². The van der Waals surface area contributed by atoms with Crippen molar-refractivity contribution in [2.24, 2.45) is 7.05 Å². The largest absolute Gasteiger partial charge is 0.493 e. The van der Waals surface area contributed by atoms with E-state index < -0.39 is 5.97 Å². The molecule has 0 aliphatic carbocycles. The van der Waals surface area contributed by atoms with E-state index in [0.29, 0.717) is 28.2 Å². The Morgan fingerprint density at radius 1 is 1.23 bits per heavy atom. The third-order valence-electron chi connectivity index (χ3n) is 4.38. The summed E-state index contributed by atoms with van der Waals surface area (Å²) in [5.74, 6) is 0.808. The number of para-hydroxylation sites is 1. The average Bonchev–Trinajstić information content (AvgIpc) is 3.35. The summed E-state index contributed by atoms with van der Waals surface area (Å²) in [7, 11) is 3.17. The van der Waals surface area contributed by atoms with E-state index in [-0.39, 0.29) is 11.7 Å². The van der Waals surface area contributed by atoms with Gasteiger partial charge >= 0.3 is 5.97 Å². The van der Waals surface area contributed by atoms with Crippen LogP contribution in [0.3, 0.4) is 0 Å². The fourth-order valence-electron chi connectivity index (χ4n) is 2.87. The summed E-state index contributed by atoms with van der Waals surface area (Å²) in [4.78, 5) is 25.5. The van der Waals surface area contributed by atoms with Gasteiger partial charge in [0.1, 0.15) is 10.8 Å². The lowest BCUT2D eigenvalue weighted by Crippen LogP contribution is -2.16. The summed E-state index contributed by atoms with van der Waals surface area (Å²) in [6, 6.07) is 9.38. The number of anilines is 1. The normalized spacial score (nSPS) is 10.7. The first kappa shape index (κ1) is 22.8. The molecule has 0 unspecified atom stereocenters. The highest BCUT2D eigenvalue weighted by atomic mass is 32.2. The zero-order chi connectivity index (χ0) is 22.4. The van der Waals surface area contributed by atoms with Gasteiger partial charge in [-0.3, -0.25) is 4.79 Å². The van der Waals surface area contributed by atoms with E-state index in [2.05, 4.69) is 15.5 Å². The van der Waals surface area contributed by atoms with Crippen molar-refractivity contribution in [3.8, 4) is 17.1 Å². The second kappa shape index (κ2) is 10.5. The SMILES string of the molecule is CCOc1ccccc1-c1nnc(SCC(=O)Nc2sc(CC)cc2C(=O)OC)n1C. The molecule has 10 heteroatoms. The summed E-state index contributed by atoms with van der Waals surface area (Å²) in [6.45, 7) is 4.46. The van der Waals surface area contributed by atoms with Crippen LogP contribution in [0.4, 0.5) is 5.00 Å². The summed E-state index contributed by atoms with van der Waals surface area (Å²) < 4.78 is 12.3. The molecule has 31 heavy (non-hydrogen) atoms. The van der Waals surface area contributed by atoms with Crippen LogP contribution < -0.4 is 10.1 Å². The number of esters is 1. The van der Waals surface area contributed by atoms with Gasteiger partial charge < -0.3 is 19.4 Å². The van der Waals surface area contributed by atoms with Crippen molar-refractivity contribution in [2.75, 3.05) is 24.8 Å². The molecule has 0 saturated carbocycles. The van der Waals surface area contributed by atoms with Crippen LogP contribution in [-0.4, -0.2) is 46.1 Å². The van der Waals surface area contributed by atoms with Crippen molar-refractivity contribution < 1.29 is 19.1 Å². The van der Waals surface area contributed by atoms with Crippen molar-refractivity contribution in [3.05, 3.63) is 40.8 Å². The molecule has 2 aromatic heterocycles. The van der Waals surface area contributed by atoms with Gasteiger partial charge in [0.05, 0.1) is 30.6 Å². The van der Waals surface area contributed by atoms with E-state index in [1.165, 1.54) is 30.2 Å². The monoisotopic (exact) mass is 460 g/mol. The minimum absolute atomic E-state index is 0.124. The highest BCUT2D eigenvalue weighted by molar-refractivity contribution is 7.99. The fourth-order valence-corrected chi connectivity index (χ4v) is 4.58. The van der Waals surface area contributed by atoms with Gasteiger partial charge in [0.2, 0.25) is 5.91 Å². The van der Waals surface area contributed by atoms with Crippen LogP contribution in [0, 0.1) is 0 Å². The molecule has 0 saturated heterocycles. The zero-order valence-electron chi connectivity index (χ0n) is 17.8. The van der Waals surface area contributed by atoms with Gasteiger partial charge in [0.15, 0.2) is 11.0 Å². The van der Waals surface area contributed by atoms with E-state index in [9.17, 15) is 9.59 Å². The number of rotatable bonds is 9. The van der Waals surface area contributed by atoms with Crippen LogP contribution in [0.15, 0.2) is 35.5 Å². The molecule has 0 aliphatic rings. The van der Waals surface area contributed by atoms with Gasteiger partial charge in [0, 0.05) is 11.9 Å². The summed E-state index contributed by atoms with van der Waals surface area (Å²) >= 11 is 2.64. The molecule has 8 nitrogen and oxygen atoms in total. The van der Waals surface area contributed by atoms with E-state index in [1.807, 2.05) is 49.7 Å². The first-order valence-electron chi connectivity index (χ1n) is 9.73. The molecule has 3 aromatic rings. The molecule has 1 amide bonds. The van der Waals surface area contributed by atoms with E-state index in [0.717, 1.165) is 22.6 Å². The van der Waals surface area contributed by atoms with Crippen LogP contribution >= 0.6 is 23.1 Å². The number of aryl methyl sites for hydroxylation is 1. The molecule has 3 rings (SSSR count). The molecule has 0 bridgehead atoms. The molecule has 1 aromatic carbocycles. The molecule has 1 N–H and O–H groups in total. The highest BCUT2D eigenvalue weighted by Crippen LogP contribution is 2.31. The van der Waals surface area contributed by atoms with Gasteiger partial charge in [-0.2, -0.15) is 0 Å². The maximum absolute atomic E-state index is 12.5. The van der Waals surface area contributed by atoms with Gasteiger partial charge in [-0.15, -0.1) is 21.5 Å². The highest BCUT2D eigenvalue weighted by Gasteiger charge is 2.20. The van der Waals surface area contributed by atoms with Crippen LogP contribution in [0.1, 0.15) is 29.1 Å². The minimum Gasteiger partial charge on any atom is -0.493 e. The number of amides is 1. The number of methoxy groups -OCH3 is 1. The smallest absolute Gasteiger partial charge is 0.340 e. The fraction of sp³-hybridized carbons (Fsp3) is 0.333. The number of hydrogen-bond acceptors (Lipinski definition) is 8. The molecule has 0 fully saturated rings. The average molecular weight is 461 g/mol. The van der Waals surface area contributed by atoms with E-state index in [1.54, 1.807) is 6.07 Å². The van der Waals surface area contributed by atoms with E-state index in [4.69, 9.17) is 9.47 Å². The van der Waals surface area contributed by atoms with Crippen molar-refractivity contribution >= 4 is 40.0 Å². The van der Waals surface area contributed by atoms with Crippen LogP contribution in [0.2, 0.25) is 0 Å². The van der Waals surface area contributed by atoms with Crippen molar-refractivity contribution in [3.63, 3.8) is 0 Å². The predicted molar refractivity (Wildman–Crippen MR) is 122 cm³/mol. The lowest BCUT2D eigenvalue weighted by Gasteiger charge is -2.09. The first-order valence-corrected chi connectivity index (χ1v) is 11.5. The Bertz CT molecular complexity index is 1080. The standard InChI is InChI=1S/C21H24N4O4S2/c1-5-13-11-15(20(27)28-4)19(31-13)22-17(26)12-30-21-24-23-18(25(21)3)14-9-7-8-10-16(14)29-6-2/h7-11H,5-6,12H2,1-4H3,(H,22,26). The Balaban J connectivity index is 1.70. The van der Waals surface area contributed by atoms with Crippen LogP contribution in [-0.2, 0) is 23.0 Å². The number of carbonyl (C=O) groups is 2. The number of nitrogens with zero attached hydrogens (tertiary/aromatic N) is 3. The molecule has 0 radical (unpaired) electrons. The lowest BCUT2D eigenvalue weighted by atomic mass is 10.2. The molecule has 0 spiro atoms. The Morgan fingerprint density at radius 3 is 2.71 bits per heavy atom. The Hall–Kier alpha value is -2.85. The van der Waals surface area contributed by atoms with Gasteiger partial charge in [0.25, 0.3) is 0 Å². The molecular weight excluding hydrogens is 436 g/mol. The molecule has 164 valence electrons. The van der Waals surface area contributed by atoms with Crippen LogP contribution in [0.5, 0.6) is 5.75 Å². The third kappa shape index (κ3) is 5.26. The molecular formula is C21H24N4O4S2. The minimum atomic E-state index is -0.468. The van der Waals surface area contributed by atoms with Gasteiger partial charge in [-0.1, -0.05) is 30.8 Å². The second-order valence-electron chi connectivity index (χ2n) is 6.43. The Kier molecular flexibility index (Phi) is 7.69. The molecule has 0 aliphatic heterocycles. The van der Waals surface area contributed by atoms with Crippen molar-refractivity contribution in [1.82, 2.24) is 14.8 Å². The quantitative estimate of drug-likeness (QED) is 0.381. The number of ether oxygens (including phenoxy) is 2. The molecule has 0 atom stereocenters. The number of nitrogens with one attached hydrogen (secondary N) is 1. The number of benzene rings is 1.